The van der Waals surface area contributed by atoms with Gasteiger partial charge in [0.25, 0.3) is 5.88 Å². The molecule has 0 spiro atoms. The Kier molecular flexibility index (Phi) is 6.76. The lowest BCUT2D eigenvalue weighted by molar-refractivity contribution is -0.130. The Hall–Kier alpha value is -2.07. The molecule has 1 aromatic heterocycles. The molecule has 0 amide bonds. The van der Waals surface area contributed by atoms with Crippen LogP contribution in [0.4, 0.5) is 0 Å². The van der Waals surface area contributed by atoms with Crippen molar-refractivity contribution in [2.24, 2.45) is 5.92 Å². The molecular weight excluding hydrogens is 528 g/mol. The molecule has 0 unspecified atom stereocenters. The standard InChI is InChI=1S/C26H33BrN2O5Si/c1-25(2,3)35(6,7)34-26-18(27)14-13-17(30)20(26)21(31)19-22(23(26)29(4)5)33-28-24(19)32-15-16-11-9-8-10-12-16/h8-14,18,20,23H,15H2,1-7H3/t18-,20+,23+,26+/m1/s1. The van der Waals surface area contributed by atoms with Crippen LogP contribution < -0.4 is 4.74 Å². The average molecular weight is 562 g/mol. The van der Waals surface area contributed by atoms with E-state index in [1.807, 2.05) is 49.3 Å². The number of hydrogen-bond donors (Lipinski definition) is 0. The quantitative estimate of drug-likeness (QED) is 0.268. The SMILES string of the molecule is CN(C)[C@H]1c2onc(OCc3ccccc3)c2C(=O)[C@@H]2C(=O)C=C[C@@H](Br)[C@]21O[Si](C)(C)C(C)(C)C. The number of carbonyl (C=O) groups excluding carboxylic acids is 2. The van der Waals surface area contributed by atoms with E-state index in [0.29, 0.717) is 5.76 Å². The van der Waals surface area contributed by atoms with E-state index in [0.717, 1.165) is 5.56 Å². The molecule has 0 radical (unpaired) electrons. The van der Waals surface area contributed by atoms with Crippen molar-refractivity contribution in [1.82, 2.24) is 10.1 Å². The number of alkyl halides is 1. The number of halogens is 1. The Balaban J connectivity index is 1.86. The summed E-state index contributed by atoms with van der Waals surface area (Å²) in [6.45, 7) is 10.9. The van der Waals surface area contributed by atoms with Gasteiger partial charge in [0.1, 0.15) is 29.7 Å². The number of ether oxygens (including phenoxy) is 1. The van der Waals surface area contributed by atoms with Crippen LogP contribution in [-0.2, 0) is 15.8 Å². The van der Waals surface area contributed by atoms with Crippen LogP contribution in [0, 0.1) is 5.92 Å². The summed E-state index contributed by atoms with van der Waals surface area (Å²) in [5.41, 5.74) is -0.0366. The van der Waals surface area contributed by atoms with Crippen molar-refractivity contribution in [2.75, 3.05) is 14.1 Å². The maximum Gasteiger partial charge on any atom is 0.265 e. The first-order chi connectivity index (χ1) is 16.3. The van der Waals surface area contributed by atoms with Gasteiger partial charge >= 0.3 is 0 Å². The Morgan fingerprint density at radius 2 is 1.83 bits per heavy atom. The number of nitrogens with zero attached hydrogens (tertiary/aromatic N) is 2. The maximum atomic E-state index is 14.1. The minimum atomic E-state index is -2.46. The molecule has 9 heteroatoms. The summed E-state index contributed by atoms with van der Waals surface area (Å²) in [6.07, 6.45) is 3.26. The molecule has 1 heterocycles. The van der Waals surface area contributed by atoms with Gasteiger partial charge in [-0.2, -0.15) is 0 Å². The lowest BCUT2D eigenvalue weighted by Crippen LogP contribution is -2.68. The monoisotopic (exact) mass is 560 g/mol. The summed E-state index contributed by atoms with van der Waals surface area (Å²) in [7, 11) is 1.33. The number of hydrogen-bond acceptors (Lipinski definition) is 7. The van der Waals surface area contributed by atoms with E-state index in [1.165, 1.54) is 6.08 Å². The van der Waals surface area contributed by atoms with Gasteiger partial charge in [0.05, 0.1) is 4.83 Å². The van der Waals surface area contributed by atoms with Gasteiger partial charge in [0.2, 0.25) is 0 Å². The molecule has 188 valence electrons. The fourth-order valence-corrected chi connectivity index (χ4v) is 7.21. The van der Waals surface area contributed by atoms with Gasteiger partial charge in [-0.15, -0.1) is 0 Å². The maximum absolute atomic E-state index is 14.1. The first-order valence-corrected chi connectivity index (χ1v) is 15.6. The molecule has 0 saturated heterocycles. The summed E-state index contributed by atoms with van der Waals surface area (Å²) in [4.78, 5) is 29.0. The molecule has 0 N–H and O–H groups in total. The summed E-state index contributed by atoms with van der Waals surface area (Å²) >= 11 is 3.78. The van der Waals surface area contributed by atoms with Crippen LogP contribution in [0.25, 0.3) is 0 Å². The Labute approximate surface area is 216 Å². The molecule has 0 aliphatic heterocycles. The van der Waals surface area contributed by atoms with Crippen LogP contribution in [0.15, 0.2) is 47.0 Å². The zero-order chi connectivity index (χ0) is 25.8. The zero-order valence-electron chi connectivity index (χ0n) is 21.3. The molecule has 4 rings (SSSR count). The third kappa shape index (κ3) is 4.26. The van der Waals surface area contributed by atoms with Crippen LogP contribution in [0.1, 0.15) is 48.5 Å². The second-order valence-corrected chi connectivity index (χ2v) is 16.8. The van der Waals surface area contributed by atoms with Crippen LogP contribution >= 0.6 is 15.9 Å². The van der Waals surface area contributed by atoms with Crippen LogP contribution in [0.5, 0.6) is 5.88 Å². The topological polar surface area (TPSA) is 81.9 Å². The van der Waals surface area contributed by atoms with Gasteiger partial charge in [0.15, 0.2) is 25.6 Å². The molecule has 2 aliphatic carbocycles. The number of fused-ring (bicyclic) bond motifs is 2. The molecule has 4 atom stereocenters. The summed E-state index contributed by atoms with van der Waals surface area (Å²) in [6, 6.07) is 9.07. The van der Waals surface area contributed by atoms with Crippen molar-refractivity contribution in [2.45, 2.75) is 62.0 Å². The lowest BCUT2D eigenvalue weighted by Gasteiger charge is -2.56. The second-order valence-electron chi connectivity index (χ2n) is 11.0. The number of rotatable bonds is 6. The minimum absolute atomic E-state index is 0.107. The highest BCUT2D eigenvalue weighted by Crippen LogP contribution is 2.56. The number of likely N-dealkylation sites (N-methyl/N-ethyl adjacent to an activating group) is 1. The molecule has 0 bridgehead atoms. The van der Waals surface area contributed by atoms with E-state index in [9.17, 15) is 9.59 Å². The van der Waals surface area contributed by atoms with E-state index in [1.54, 1.807) is 6.08 Å². The van der Waals surface area contributed by atoms with Crippen molar-refractivity contribution < 1.29 is 23.3 Å². The van der Waals surface area contributed by atoms with Gasteiger partial charge < -0.3 is 13.7 Å². The number of allylic oxidation sites excluding steroid dienone is 1. The van der Waals surface area contributed by atoms with Crippen molar-refractivity contribution in [3.8, 4) is 5.88 Å². The third-order valence-electron chi connectivity index (χ3n) is 7.44. The zero-order valence-corrected chi connectivity index (χ0v) is 23.9. The van der Waals surface area contributed by atoms with Crippen LogP contribution in [-0.4, -0.2) is 54.5 Å². The number of benzene rings is 1. The molecule has 0 saturated carbocycles. The largest absolute Gasteiger partial charge is 0.470 e. The number of ketones is 2. The predicted octanol–water partition coefficient (Wildman–Crippen LogP) is 5.33. The highest BCUT2D eigenvalue weighted by atomic mass is 79.9. The van der Waals surface area contributed by atoms with Crippen molar-refractivity contribution in [1.29, 1.82) is 0 Å². The fraction of sp³-hybridized carbons (Fsp3) is 0.500. The molecule has 7 nitrogen and oxygen atoms in total. The molecule has 1 aromatic carbocycles. The average Bonchev–Trinajstić information content (AvgIpc) is 3.18. The van der Waals surface area contributed by atoms with Gasteiger partial charge in [-0.3, -0.25) is 14.5 Å². The normalized spacial score (nSPS) is 26.6. The van der Waals surface area contributed by atoms with Crippen molar-refractivity contribution in [3.63, 3.8) is 0 Å². The summed E-state index contributed by atoms with van der Waals surface area (Å²) in [5.74, 6) is -1.23. The lowest BCUT2D eigenvalue weighted by atomic mass is 9.65. The van der Waals surface area contributed by atoms with Crippen molar-refractivity contribution in [3.05, 3.63) is 59.4 Å². The van der Waals surface area contributed by atoms with Crippen molar-refractivity contribution >= 4 is 35.8 Å². The van der Waals surface area contributed by atoms with Crippen LogP contribution in [0.2, 0.25) is 18.1 Å². The molecule has 35 heavy (non-hydrogen) atoms. The van der Waals surface area contributed by atoms with Crippen LogP contribution in [0.3, 0.4) is 0 Å². The molecule has 2 aromatic rings. The van der Waals surface area contributed by atoms with E-state index < -0.39 is 30.7 Å². The number of Topliss-reactive ketones (excluding diaryl/α,β-unsaturated/α-hetero) is 1. The molecule has 2 aliphatic rings. The highest BCUT2D eigenvalue weighted by Gasteiger charge is 2.66. The molecular formula is C26H33BrN2O5Si. The third-order valence-corrected chi connectivity index (χ3v) is 12.9. The summed E-state index contributed by atoms with van der Waals surface area (Å²) in [5, 5.41) is 4.00. The minimum Gasteiger partial charge on any atom is -0.470 e. The predicted molar refractivity (Wildman–Crippen MR) is 139 cm³/mol. The molecule has 0 fully saturated rings. The Morgan fingerprint density at radius 1 is 1.17 bits per heavy atom. The van der Waals surface area contributed by atoms with E-state index >= 15 is 0 Å². The van der Waals surface area contributed by atoms with E-state index in [4.69, 9.17) is 13.7 Å². The number of aromatic nitrogens is 1. The van der Waals surface area contributed by atoms with Gasteiger partial charge in [-0.25, -0.2) is 0 Å². The Bertz CT molecular complexity index is 1150. The van der Waals surface area contributed by atoms with Gasteiger partial charge in [-0.05, 0) is 49.0 Å². The van der Waals surface area contributed by atoms with E-state index in [-0.39, 0.29) is 34.7 Å². The fourth-order valence-electron chi connectivity index (χ4n) is 4.73. The first kappa shape index (κ1) is 26.0. The van der Waals surface area contributed by atoms with E-state index in [2.05, 4.69) is 55.0 Å². The van der Waals surface area contributed by atoms with Gasteiger partial charge in [-0.1, -0.05) is 73.1 Å². The summed E-state index contributed by atoms with van der Waals surface area (Å²) < 4.78 is 18.8. The first-order valence-electron chi connectivity index (χ1n) is 11.7. The number of carbonyl (C=O) groups is 2. The highest BCUT2D eigenvalue weighted by molar-refractivity contribution is 9.09. The Morgan fingerprint density at radius 3 is 2.43 bits per heavy atom. The van der Waals surface area contributed by atoms with Gasteiger partial charge in [0, 0.05) is 0 Å². The second kappa shape index (κ2) is 9.10. The smallest absolute Gasteiger partial charge is 0.265 e.